The second-order valence-electron chi connectivity index (χ2n) is 6.43. The SMILES string of the molecule is CC1CN(C(=O)C2(C(N)=S)CCOCC2)CC(C)(C)O1. The molecule has 0 radical (unpaired) electrons. The Morgan fingerprint density at radius 3 is 2.45 bits per heavy atom. The molecule has 0 aromatic carbocycles. The van der Waals surface area contributed by atoms with Crippen molar-refractivity contribution in [3.05, 3.63) is 0 Å². The molecule has 1 atom stereocenters. The molecule has 2 fully saturated rings. The summed E-state index contributed by atoms with van der Waals surface area (Å²) in [5, 5.41) is 0. The first-order valence-electron chi connectivity index (χ1n) is 7.12. The third kappa shape index (κ3) is 2.97. The Bertz CT molecular complexity index is 405. The summed E-state index contributed by atoms with van der Waals surface area (Å²) in [6.45, 7) is 8.22. The summed E-state index contributed by atoms with van der Waals surface area (Å²) in [4.78, 5) is 15.2. The van der Waals surface area contributed by atoms with Gasteiger partial charge in [0.05, 0.1) is 16.7 Å². The molecule has 2 saturated heterocycles. The monoisotopic (exact) mass is 300 g/mol. The molecule has 114 valence electrons. The van der Waals surface area contributed by atoms with Gasteiger partial charge >= 0.3 is 0 Å². The summed E-state index contributed by atoms with van der Waals surface area (Å²) < 4.78 is 11.2. The van der Waals surface area contributed by atoms with Crippen LogP contribution in [0.5, 0.6) is 0 Å². The van der Waals surface area contributed by atoms with Gasteiger partial charge in [0, 0.05) is 26.3 Å². The Balaban J connectivity index is 2.21. The molecule has 1 unspecified atom stereocenters. The fourth-order valence-electron chi connectivity index (χ4n) is 3.20. The summed E-state index contributed by atoms with van der Waals surface area (Å²) in [6.07, 6.45) is 1.17. The lowest BCUT2D eigenvalue weighted by molar-refractivity contribution is -0.166. The lowest BCUT2D eigenvalue weighted by atomic mass is 9.78. The van der Waals surface area contributed by atoms with Crippen molar-refractivity contribution in [3.63, 3.8) is 0 Å². The smallest absolute Gasteiger partial charge is 0.235 e. The Labute approximate surface area is 125 Å². The number of nitrogens with two attached hydrogens (primary N) is 1. The van der Waals surface area contributed by atoms with E-state index >= 15 is 0 Å². The molecule has 2 heterocycles. The third-order valence-electron chi connectivity index (χ3n) is 4.08. The molecule has 2 N–H and O–H groups in total. The van der Waals surface area contributed by atoms with Gasteiger partial charge in [0.15, 0.2) is 0 Å². The molecule has 6 heteroatoms. The van der Waals surface area contributed by atoms with Crippen LogP contribution in [0.3, 0.4) is 0 Å². The number of thiocarbonyl (C=S) groups is 1. The first-order chi connectivity index (χ1) is 9.27. The molecule has 5 nitrogen and oxygen atoms in total. The zero-order valence-electron chi connectivity index (χ0n) is 12.5. The van der Waals surface area contributed by atoms with Gasteiger partial charge in [-0.1, -0.05) is 12.2 Å². The topological polar surface area (TPSA) is 64.8 Å². The molecule has 2 rings (SSSR count). The van der Waals surface area contributed by atoms with Crippen molar-refractivity contribution in [2.24, 2.45) is 11.1 Å². The molecule has 0 aliphatic carbocycles. The van der Waals surface area contributed by atoms with E-state index in [0.29, 0.717) is 44.1 Å². The number of amides is 1. The molecular formula is C14H24N2O3S. The molecule has 0 aromatic rings. The first-order valence-corrected chi connectivity index (χ1v) is 7.52. The van der Waals surface area contributed by atoms with E-state index in [1.165, 1.54) is 0 Å². The summed E-state index contributed by atoms with van der Waals surface area (Å²) in [5.74, 6) is 0.0384. The highest BCUT2D eigenvalue weighted by atomic mass is 32.1. The number of hydrogen-bond donors (Lipinski definition) is 1. The molecule has 1 amide bonds. The van der Waals surface area contributed by atoms with Crippen molar-refractivity contribution in [2.75, 3.05) is 26.3 Å². The van der Waals surface area contributed by atoms with Gasteiger partial charge in [0.25, 0.3) is 0 Å². The number of nitrogens with zero attached hydrogens (tertiary/aromatic N) is 1. The van der Waals surface area contributed by atoms with E-state index < -0.39 is 5.41 Å². The Hall–Kier alpha value is -0.720. The predicted molar refractivity (Wildman–Crippen MR) is 80.5 cm³/mol. The van der Waals surface area contributed by atoms with Crippen LogP contribution in [0.25, 0.3) is 0 Å². The minimum Gasteiger partial charge on any atom is -0.392 e. The van der Waals surface area contributed by atoms with Crippen molar-refractivity contribution < 1.29 is 14.3 Å². The first kappa shape index (κ1) is 15.7. The number of ether oxygens (including phenoxy) is 2. The van der Waals surface area contributed by atoms with E-state index in [4.69, 9.17) is 27.4 Å². The van der Waals surface area contributed by atoms with Gasteiger partial charge in [0.2, 0.25) is 5.91 Å². The van der Waals surface area contributed by atoms with Crippen molar-refractivity contribution in [3.8, 4) is 0 Å². The summed E-state index contributed by atoms with van der Waals surface area (Å²) in [5.41, 5.74) is 4.84. The highest BCUT2D eigenvalue weighted by Gasteiger charge is 2.47. The number of carbonyl (C=O) groups is 1. The zero-order valence-corrected chi connectivity index (χ0v) is 13.3. The lowest BCUT2D eigenvalue weighted by Crippen LogP contribution is -2.60. The predicted octanol–water partition coefficient (Wildman–Crippen LogP) is 1.10. The second-order valence-corrected chi connectivity index (χ2v) is 6.87. The maximum Gasteiger partial charge on any atom is 0.235 e. The van der Waals surface area contributed by atoms with Gasteiger partial charge < -0.3 is 20.1 Å². The van der Waals surface area contributed by atoms with Crippen LogP contribution in [0, 0.1) is 5.41 Å². The van der Waals surface area contributed by atoms with E-state index in [9.17, 15) is 4.79 Å². The van der Waals surface area contributed by atoms with E-state index in [1.54, 1.807) is 0 Å². The van der Waals surface area contributed by atoms with Crippen molar-refractivity contribution in [1.29, 1.82) is 0 Å². The second kappa shape index (κ2) is 5.58. The van der Waals surface area contributed by atoms with Crippen LogP contribution >= 0.6 is 12.2 Å². The highest BCUT2D eigenvalue weighted by Crippen LogP contribution is 2.35. The average Bonchev–Trinajstić information content (AvgIpc) is 2.36. The molecule has 2 aliphatic rings. The summed E-state index contributed by atoms with van der Waals surface area (Å²) in [6, 6.07) is 0. The van der Waals surface area contributed by atoms with Gasteiger partial charge in [-0.2, -0.15) is 0 Å². The van der Waals surface area contributed by atoms with Gasteiger partial charge in [-0.3, -0.25) is 4.79 Å². The minimum absolute atomic E-state index is 0.0194. The molecule has 2 aliphatic heterocycles. The Morgan fingerprint density at radius 1 is 1.35 bits per heavy atom. The maximum atomic E-state index is 13.0. The number of carbonyl (C=O) groups excluding carboxylic acids is 1. The minimum atomic E-state index is -0.735. The standard InChI is InChI=1S/C14H24N2O3S/c1-10-8-16(9-13(2,3)19-10)12(17)14(11(15)20)4-6-18-7-5-14/h10H,4-9H2,1-3H3,(H2,15,20). The van der Waals surface area contributed by atoms with Crippen LogP contribution in [-0.4, -0.2) is 53.8 Å². The van der Waals surface area contributed by atoms with Crippen LogP contribution < -0.4 is 5.73 Å². The fraction of sp³-hybridized carbons (Fsp3) is 0.857. The molecular weight excluding hydrogens is 276 g/mol. The largest absolute Gasteiger partial charge is 0.392 e. The van der Waals surface area contributed by atoms with Crippen LogP contribution in [-0.2, 0) is 14.3 Å². The average molecular weight is 300 g/mol. The van der Waals surface area contributed by atoms with Gasteiger partial charge in [-0.15, -0.1) is 0 Å². The third-order valence-corrected chi connectivity index (χ3v) is 4.47. The highest BCUT2D eigenvalue weighted by molar-refractivity contribution is 7.80. The normalized spacial score (nSPS) is 28.9. The number of morpholine rings is 1. The number of rotatable bonds is 2. The van der Waals surface area contributed by atoms with Crippen LogP contribution in [0.15, 0.2) is 0 Å². The van der Waals surface area contributed by atoms with E-state index in [1.807, 2.05) is 25.7 Å². The summed E-state index contributed by atoms with van der Waals surface area (Å²) in [7, 11) is 0. The quantitative estimate of drug-likeness (QED) is 0.774. The van der Waals surface area contributed by atoms with Gasteiger partial charge in [-0.25, -0.2) is 0 Å². The van der Waals surface area contributed by atoms with Crippen molar-refractivity contribution in [2.45, 2.75) is 45.3 Å². The maximum absolute atomic E-state index is 13.0. The lowest BCUT2D eigenvalue weighted by Gasteiger charge is -2.46. The zero-order chi connectivity index (χ0) is 15.0. The van der Waals surface area contributed by atoms with Crippen molar-refractivity contribution in [1.82, 2.24) is 4.90 Å². The van der Waals surface area contributed by atoms with Crippen molar-refractivity contribution >= 4 is 23.1 Å². The molecule has 0 saturated carbocycles. The number of hydrogen-bond acceptors (Lipinski definition) is 4. The molecule has 20 heavy (non-hydrogen) atoms. The van der Waals surface area contributed by atoms with E-state index in [0.717, 1.165) is 0 Å². The van der Waals surface area contributed by atoms with E-state index in [2.05, 4.69) is 0 Å². The molecule has 0 aromatic heterocycles. The Kier molecular flexibility index (Phi) is 4.37. The van der Waals surface area contributed by atoms with Crippen LogP contribution in [0.1, 0.15) is 33.6 Å². The van der Waals surface area contributed by atoms with Gasteiger partial charge in [0.1, 0.15) is 5.41 Å². The van der Waals surface area contributed by atoms with Crippen LogP contribution in [0.2, 0.25) is 0 Å². The summed E-state index contributed by atoms with van der Waals surface area (Å²) >= 11 is 5.20. The van der Waals surface area contributed by atoms with Gasteiger partial charge in [-0.05, 0) is 33.6 Å². The van der Waals surface area contributed by atoms with E-state index in [-0.39, 0.29) is 17.6 Å². The molecule has 0 spiro atoms. The fourth-order valence-corrected chi connectivity index (χ4v) is 3.49. The van der Waals surface area contributed by atoms with Crippen LogP contribution in [0.4, 0.5) is 0 Å². The Morgan fingerprint density at radius 2 is 1.95 bits per heavy atom. The molecule has 0 bridgehead atoms.